The van der Waals surface area contributed by atoms with E-state index in [0.29, 0.717) is 0 Å². The summed E-state index contributed by atoms with van der Waals surface area (Å²) in [6.45, 7) is 4.26. The van der Waals surface area contributed by atoms with Crippen molar-refractivity contribution < 1.29 is 5.11 Å². The number of nitrogens with two attached hydrogens (primary N) is 1. The van der Waals surface area contributed by atoms with Crippen LogP contribution in [0.5, 0.6) is 0 Å². The first-order valence-corrected chi connectivity index (χ1v) is 6.78. The predicted octanol–water partition coefficient (Wildman–Crippen LogP) is 2.78. The molecular formula is C16H21IN4O. The summed E-state index contributed by atoms with van der Waals surface area (Å²) in [5.41, 5.74) is 9.82. The number of nitrogens with one attached hydrogen (secondary N) is 1. The van der Waals surface area contributed by atoms with Gasteiger partial charge in [-0.25, -0.2) is 0 Å². The van der Waals surface area contributed by atoms with Crippen LogP contribution in [0, 0.1) is 13.8 Å². The van der Waals surface area contributed by atoms with E-state index in [9.17, 15) is 5.11 Å². The fourth-order valence-corrected chi connectivity index (χ4v) is 2.11. The van der Waals surface area contributed by atoms with Gasteiger partial charge in [-0.3, -0.25) is 9.98 Å². The molecule has 1 heterocycles. The number of aliphatic hydroxyl groups is 1. The summed E-state index contributed by atoms with van der Waals surface area (Å²) in [5, 5.41) is 13.0. The van der Waals surface area contributed by atoms with Crippen LogP contribution in [-0.2, 0) is 0 Å². The molecule has 0 radical (unpaired) electrons. The van der Waals surface area contributed by atoms with Crippen LogP contribution < -0.4 is 11.1 Å². The highest BCUT2D eigenvalue weighted by Gasteiger charge is 2.06. The molecule has 4 N–H and O–H groups in total. The van der Waals surface area contributed by atoms with Crippen molar-refractivity contribution in [1.29, 1.82) is 0 Å². The summed E-state index contributed by atoms with van der Waals surface area (Å²) in [5.74, 6) is 0.285. The average molecular weight is 412 g/mol. The second-order valence-corrected chi connectivity index (χ2v) is 5.02. The van der Waals surface area contributed by atoms with Gasteiger partial charge in [-0.15, -0.1) is 24.0 Å². The number of benzene rings is 1. The number of aromatic nitrogens is 1. The minimum Gasteiger partial charge on any atom is -0.386 e. The van der Waals surface area contributed by atoms with E-state index in [1.807, 2.05) is 26.0 Å². The van der Waals surface area contributed by atoms with E-state index < -0.39 is 6.10 Å². The second kappa shape index (κ2) is 8.70. The molecule has 0 aliphatic rings. The molecule has 22 heavy (non-hydrogen) atoms. The van der Waals surface area contributed by atoms with Crippen LogP contribution in [0.25, 0.3) is 0 Å². The fourth-order valence-electron chi connectivity index (χ4n) is 2.11. The Morgan fingerprint density at radius 1 is 1.23 bits per heavy atom. The monoisotopic (exact) mass is 412 g/mol. The van der Waals surface area contributed by atoms with Crippen molar-refractivity contribution in [2.75, 3.05) is 11.9 Å². The minimum atomic E-state index is -0.687. The van der Waals surface area contributed by atoms with Crippen LogP contribution >= 0.6 is 24.0 Å². The minimum absolute atomic E-state index is 0. The molecule has 0 aliphatic carbocycles. The summed E-state index contributed by atoms with van der Waals surface area (Å²) in [6, 6.07) is 9.59. The maximum atomic E-state index is 10.0. The van der Waals surface area contributed by atoms with Crippen molar-refractivity contribution >= 4 is 35.6 Å². The Morgan fingerprint density at radius 2 is 1.82 bits per heavy atom. The maximum absolute atomic E-state index is 10.0. The molecule has 118 valence electrons. The van der Waals surface area contributed by atoms with Gasteiger partial charge in [0, 0.05) is 18.1 Å². The predicted molar refractivity (Wildman–Crippen MR) is 101 cm³/mol. The third kappa shape index (κ3) is 5.61. The van der Waals surface area contributed by atoms with Gasteiger partial charge in [-0.1, -0.05) is 6.07 Å². The van der Waals surface area contributed by atoms with Gasteiger partial charge in [0.2, 0.25) is 0 Å². The third-order valence-electron chi connectivity index (χ3n) is 3.02. The van der Waals surface area contributed by atoms with E-state index in [2.05, 4.69) is 21.4 Å². The first-order valence-electron chi connectivity index (χ1n) is 6.78. The average Bonchev–Trinajstić information content (AvgIpc) is 2.44. The Balaban J connectivity index is 0.00000242. The molecule has 0 fully saturated rings. The van der Waals surface area contributed by atoms with Crippen molar-refractivity contribution in [1.82, 2.24) is 4.98 Å². The SMILES string of the molecule is Cc1cc(C)cc(NC(N)=NCC(O)c2ccncc2)c1.I. The van der Waals surface area contributed by atoms with E-state index in [1.165, 1.54) is 0 Å². The lowest BCUT2D eigenvalue weighted by molar-refractivity contribution is 0.187. The first-order chi connectivity index (χ1) is 10.0. The lowest BCUT2D eigenvalue weighted by Gasteiger charge is -2.10. The van der Waals surface area contributed by atoms with Crippen molar-refractivity contribution in [2.45, 2.75) is 20.0 Å². The lowest BCUT2D eigenvalue weighted by Crippen LogP contribution is -2.23. The third-order valence-corrected chi connectivity index (χ3v) is 3.02. The summed E-state index contributed by atoms with van der Waals surface area (Å²) in [7, 11) is 0. The van der Waals surface area contributed by atoms with Crippen LogP contribution in [0.1, 0.15) is 22.8 Å². The number of aliphatic hydroxyl groups excluding tert-OH is 1. The summed E-state index contributed by atoms with van der Waals surface area (Å²) in [6.07, 6.45) is 2.59. The molecule has 2 aromatic rings. The van der Waals surface area contributed by atoms with Gasteiger partial charge in [0.15, 0.2) is 5.96 Å². The quantitative estimate of drug-likeness (QED) is 0.410. The number of guanidine groups is 1. The number of hydrogen-bond donors (Lipinski definition) is 3. The number of aryl methyl sites for hydroxylation is 2. The van der Waals surface area contributed by atoms with Crippen molar-refractivity contribution in [3.8, 4) is 0 Å². The van der Waals surface area contributed by atoms with Gasteiger partial charge < -0.3 is 16.2 Å². The zero-order chi connectivity index (χ0) is 15.2. The van der Waals surface area contributed by atoms with Gasteiger partial charge in [0.1, 0.15) is 0 Å². The zero-order valence-corrected chi connectivity index (χ0v) is 15.0. The normalized spacial score (nSPS) is 12.4. The van der Waals surface area contributed by atoms with Crippen LogP contribution in [0.4, 0.5) is 5.69 Å². The van der Waals surface area contributed by atoms with Crippen LogP contribution in [0.15, 0.2) is 47.7 Å². The van der Waals surface area contributed by atoms with E-state index in [1.54, 1.807) is 24.5 Å². The van der Waals surface area contributed by atoms with Gasteiger partial charge in [-0.05, 0) is 54.8 Å². The Bertz CT molecular complexity index is 611. The molecule has 0 aliphatic heterocycles. The molecule has 1 atom stereocenters. The van der Waals surface area contributed by atoms with Crippen LogP contribution in [0.2, 0.25) is 0 Å². The highest BCUT2D eigenvalue weighted by atomic mass is 127. The molecule has 0 saturated heterocycles. The Morgan fingerprint density at radius 3 is 2.41 bits per heavy atom. The number of halogens is 1. The highest BCUT2D eigenvalue weighted by Crippen LogP contribution is 2.14. The number of rotatable bonds is 4. The number of hydrogen-bond acceptors (Lipinski definition) is 3. The molecule has 5 nitrogen and oxygen atoms in total. The first kappa shape index (κ1) is 18.4. The maximum Gasteiger partial charge on any atom is 0.193 e. The number of aliphatic imine (C=N–C) groups is 1. The van der Waals surface area contributed by atoms with Gasteiger partial charge >= 0.3 is 0 Å². The lowest BCUT2D eigenvalue weighted by atomic mass is 10.1. The molecule has 0 amide bonds. The topological polar surface area (TPSA) is 83.5 Å². The Kier molecular flexibility index (Phi) is 7.26. The fraction of sp³-hybridized carbons (Fsp3) is 0.250. The van der Waals surface area contributed by atoms with Gasteiger partial charge in [0.05, 0.1) is 12.6 Å². The second-order valence-electron chi connectivity index (χ2n) is 5.02. The molecular weight excluding hydrogens is 391 g/mol. The zero-order valence-electron chi connectivity index (χ0n) is 12.7. The Hall–Kier alpha value is -1.67. The van der Waals surface area contributed by atoms with Crippen molar-refractivity contribution in [3.63, 3.8) is 0 Å². The molecule has 2 rings (SSSR count). The number of pyridine rings is 1. The summed E-state index contributed by atoms with van der Waals surface area (Å²) < 4.78 is 0. The van der Waals surface area contributed by atoms with Crippen LogP contribution in [-0.4, -0.2) is 22.6 Å². The largest absolute Gasteiger partial charge is 0.386 e. The van der Waals surface area contributed by atoms with E-state index >= 15 is 0 Å². The van der Waals surface area contributed by atoms with Gasteiger partial charge in [-0.2, -0.15) is 0 Å². The molecule has 1 aromatic heterocycles. The molecule has 0 bridgehead atoms. The standard InChI is InChI=1S/C16H20N4O.HI/c1-11-7-12(2)9-14(8-11)20-16(17)19-10-15(21)13-3-5-18-6-4-13;/h3-9,15,21H,10H2,1-2H3,(H3,17,19,20);1H. The Labute approximate surface area is 147 Å². The number of nitrogens with zero attached hydrogens (tertiary/aromatic N) is 2. The van der Waals surface area contributed by atoms with Gasteiger partial charge in [0.25, 0.3) is 0 Å². The van der Waals surface area contributed by atoms with E-state index in [0.717, 1.165) is 22.4 Å². The van der Waals surface area contributed by atoms with E-state index in [-0.39, 0.29) is 36.5 Å². The highest BCUT2D eigenvalue weighted by molar-refractivity contribution is 14.0. The molecule has 6 heteroatoms. The molecule has 1 unspecified atom stereocenters. The van der Waals surface area contributed by atoms with Crippen molar-refractivity contribution in [2.24, 2.45) is 10.7 Å². The summed E-state index contributed by atoms with van der Waals surface area (Å²) in [4.78, 5) is 8.08. The number of anilines is 1. The molecule has 0 spiro atoms. The molecule has 0 saturated carbocycles. The van der Waals surface area contributed by atoms with E-state index in [4.69, 9.17) is 5.73 Å². The smallest absolute Gasteiger partial charge is 0.193 e. The molecule has 1 aromatic carbocycles. The van der Waals surface area contributed by atoms with Crippen molar-refractivity contribution in [3.05, 3.63) is 59.4 Å². The summed E-state index contributed by atoms with van der Waals surface area (Å²) >= 11 is 0. The van der Waals surface area contributed by atoms with Crippen LogP contribution in [0.3, 0.4) is 0 Å².